The first kappa shape index (κ1) is 11.0. The molecule has 0 aliphatic rings. The Kier molecular flexibility index (Phi) is 2.87. The predicted octanol–water partition coefficient (Wildman–Crippen LogP) is -0.0308. The van der Waals surface area contributed by atoms with Crippen LogP contribution in [0.1, 0.15) is 5.56 Å². The standard InChI is InChI=1S/C13H9N2.Li/c1-9-6-8-15-13-11(9)5-4-10-3-2-7-14-12(10)13;/h2-8H,1H2;/q-1;+1. The van der Waals surface area contributed by atoms with Gasteiger partial charge in [-0.25, -0.2) is 0 Å². The van der Waals surface area contributed by atoms with Crippen molar-refractivity contribution in [2.75, 3.05) is 0 Å². The van der Waals surface area contributed by atoms with Crippen molar-refractivity contribution in [3.63, 3.8) is 0 Å². The fourth-order valence-electron chi connectivity index (χ4n) is 1.81. The van der Waals surface area contributed by atoms with E-state index in [4.69, 9.17) is 0 Å². The minimum atomic E-state index is 0. The molecular formula is C13H9LiN2. The Morgan fingerprint density at radius 2 is 1.69 bits per heavy atom. The Morgan fingerprint density at radius 1 is 0.875 bits per heavy atom. The number of rotatable bonds is 0. The molecule has 0 saturated heterocycles. The fourth-order valence-corrected chi connectivity index (χ4v) is 1.81. The second kappa shape index (κ2) is 4.17. The zero-order valence-corrected chi connectivity index (χ0v) is 9.14. The third-order valence-electron chi connectivity index (χ3n) is 2.57. The summed E-state index contributed by atoms with van der Waals surface area (Å²) in [6.07, 6.45) is 3.57. The first-order chi connectivity index (χ1) is 7.36. The van der Waals surface area contributed by atoms with Gasteiger partial charge in [-0.05, 0) is 12.3 Å². The maximum Gasteiger partial charge on any atom is 1.00 e. The van der Waals surface area contributed by atoms with Crippen LogP contribution in [0.5, 0.6) is 0 Å². The van der Waals surface area contributed by atoms with Gasteiger partial charge in [-0.1, -0.05) is 17.5 Å². The molecule has 0 atom stereocenters. The second-order valence-corrected chi connectivity index (χ2v) is 3.51. The number of hydrogen-bond acceptors (Lipinski definition) is 2. The van der Waals surface area contributed by atoms with Crippen molar-refractivity contribution in [1.82, 2.24) is 9.97 Å². The molecule has 0 saturated carbocycles. The maximum absolute atomic E-state index is 4.37. The van der Waals surface area contributed by atoms with Crippen LogP contribution in [-0.4, -0.2) is 9.97 Å². The van der Waals surface area contributed by atoms with E-state index in [1.165, 1.54) is 0 Å². The first-order valence-corrected chi connectivity index (χ1v) is 4.81. The van der Waals surface area contributed by atoms with Gasteiger partial charge in [0.15, 0.2) is 0 Å². The van der Waals surface area contributed by atoms with E-state index in [9.17, 15) is 0 Å². The smallest absolute Gasteiger partial charge is 0.280 e. The van der Waals surface area contributed by atoms with Gasteiger partial charge >= 0.3 is 18.9 Å². The molecule has 0 spiro atoms. The molecule has 16 heavy (non-hydrogen) atoms. The molecule has 0 N–H and O–H groups in total. The van der Waals surface area contributed by atoms with Crippen LogP contribution in [0.15, 0.2) is 42.7 Å². The second-order valence-electron chi connectivity index (χ2n) is 3.51. The van der Waals surface area contributed by atoms with Crippen molar-refractivity contribution in [1.29, 1.82) is 0 Å². The van der Waals surface area contributed by atoms with Crippen LogP contribution in [0.4, 0.5) is 0 Å². The monoisotopic (exact) mass is 200 g/mol. The normalized spacial score (nSPS) is 10.2. The molecule has 3 aromatic rings. The molecule has 2 aromatic heterocycles. The van der Waals surface area contributed by atoms with E-state index < -0.39 is 0 Å². The largest absolute Gasteiger partial charge is 1.00 e. The zero-order chi connectivity index (χ0) is 10.3. The van der Waals surface area contributed by atoms with Crippen LogP contribution in [0.3, 0.4) is 0 Å². The van der Waals surface area contributed by atoms with E-state index in [1.807, 2.05) is 18.2 Å². The average molecular weight is 200 g/mol. The van der Waals surface area contributed by atoms with Crippen molar-refractivity contribution in [3.8, 4) is 0 Å². The molecular weight excluding hydrogens is 191 g/mol. The van der Waals surface area contributed by atoms with Crippen molar-refractivity contribution in [3.05, 3.63) is 55.2 Å². The van der Waals surface area contributed by atoms with Gasteiger partial charge in [0, 0.05) is 17.1 Å². The Labute approximate surface area is 106 Å². The number of pyridine rings is 2. The summed E-state index contributed by atoms with van der Waals surface area (Å²) in [7, 11) is 0. The van der Waals surface area contributed by atoms with Crippen molar-refractivity contribution >= 4 is 21.8 Å². The third-order valence-corrected chi connectivity index (χ3v) is 2.57. The van der Waals surface area contributed by atoms with E-state index in [0.29, 0.717) is 0 Å². The molecule has 2 heterocycles. The van der Waals surface area contributed by atoms with Gasteiger partial charge in [0.05, 0.1) is 5.52 Å². The Hall–Kier alpha value is -1.49. The molecule has 0 unspecified atom stereocenters. The SMILES string of the molecule is [CH2-]c1ccnc2c1ccc1cccnc12.[Li+]. The van der Waals surface area contributed by atoms with E-state index in [1.54, 1.807) is 12.4 Å². The van der Waals surface area contributed by atoms with Gasteiger partial charge in [-0.2, -0.15) is 12.5 Å². The molecule has 0 aliphatic heterocycles. The van der Waals surface area contributed by atoms with Crippen LogP contribution in [0, 0.1) is 6.92 Å². The summed E-state index contributed by atoms with van der Waals surface area (Å²) in [5, 5.41) is 2.19. The van der Waals surface area contributed by atoms with Crippen LogP contribution in [-0.2, 0) is 0 Å². The van der Waals surface area contributed by atoms with Gasteiger partial charge in [0.25, 0.3) is 0 Å². The van der Waals surface area contributed by atoms with Gasteiger partial charge < -0.3 is 0 Å². The fraction of sp³-hybridized carbons (Fsp3) is 0. The summed E-state index contributed by atoms with van der Waals surface area (Å²) in [5.41, 5.74) is 2.87. The molecule has 0 bridgehead atoms. The van der Waals surface area contributed by atoms with Crippen LogP contribution < -0.4 is 18.9 Å². The first-order valence-electron chi connectivity index (χ1n) is 4.81. The number of hydrogen-bond donors (Lipinski definition) is 0. The summed E-state index contributed by atoms with van der Waals surface area (Å²) in [4.78, 5) is 8.73. The molecule has 0 amide bonds. The Balaban J connectivity index is 0.000000963. The van der Waals surface area contributed by atoms with Crippen molar-refractivity contribution in [2.45, 2.75) is 0 Å². The summed E-state index contributed by atoms with van der Waals surface area (Å²) >= 11 is 0. The molecule has 3 heteroatoms. The minimum Gasteiger partial charge on any atom is -0.280 e. The van der Waals surface area contributed by atoms with Gasteiger partial charge in [0.2, 0.25) is 0 Å². The summed E-state index contributed by atoms with van der Waals surface area (Å²) < 4.78 is 0. The third kappa shape index (κ3) is 1.57. The van der Waals surface area contributed by atoms with Crippen molar-refractivity contribution in [2.24, 2.45) is 0 Å². The molecule has 0 radical (unpaired) electrons. The topological polar surface area (TPSA) is 25.8 Å². The Morgan fingerprint density at radius 3 is 2.56 bits per heavy atom. The Bertz CT molecular complexity index is 650. The van der Waals surface area contributed by atoms with Gasteiger partial charge in [-0.15, -0.1) is 12.1 Å². The van der Waals surface area contributed by atoms with Crippen LogP contribution >= 0.6 is 0 Å². The van der Waals surface area contributed by atoms with Crippen LogP contribution in [0.25, 0.3) is 21.8 Å². The van der Waals surface area contributed by atoms with Gasteiger partial charge in [-0.3, -0.25) is 9.97 Å². The average Bonchev–Trinajstić information content (AvgIpc) is 2.29. The summed E-state index contributed by atoms with van der Waals surface area (Å²) in [6, 6.07) is 9.99. The van der Waals surface area contributed by atoms with E-state index in [0.717, 1.165) is 27.4 Å². The molecule has 72 valence electrons. The summed E-state index contributed by atoms with van der Waals surface area (Å²) in [6.45, 7) is 3.99. The number of benzene rings is 1. The maximum atomic E-state index is 4.37. The summed E-state index contributed by atoms with van der Waals surface area (Å²) in [5.74, 6) is 0. The molecule has 0 aliphatic carbocycles. The number of fused-ring (bicyclic) bond motifs is 3. The molecule has 1 aromatic carbocycles. The van der Waals surface area contributed by atoms with Gasteiger partial charge in [0.1, 0.15) is 0 Å². The van der Waals surface area contributed by atoms with E-state index >= 15 is 0 Å². The van der Waals surface area contributed by atoms with E-state index in [2.05, 4.69) is 29.0 Å². The number of aromatic nitrogens is 2. The zero-order valence-electron chi connectivity index (χ0n) is 9.14. The quantitative estimate of drug-likeness (QED) is 0.289. The molecule has 0 fully saturated rings. The van der Waals surface area contributed by atoms with Crippen molar-refractivity contribution < 1.29 is 18.9 Å². The minimum absolute atomic E-state index is 0. The molecule has 3 rings (SSSR count). The van der Waals surface area contributed by atoms with E-state index in [-0.39, 0.29) is 18.9 Å². The number of nitrogens with zero attached hydrogens (tertiary/aromatic N) is 2. The molecule has 2 nitrogen and oxygen atoms in total. The predicted molar refractivity (Wildman–Crippen MR) is 61.5 cm³/mol. The van der Waals surface area contributed by atoms with Crippen LogP contribution in [0.2, 0.25) is 0 Å².